The molecule has 2 nitrogen and oxygen atoms in total. The summed E-state index contributed by atoms with van der Waals surface area (Å²) in [6.07, 6.45) is 1.95. The van der Waals surface area contributed by atoms with E-state index in [-0.39, 0.29) is 5.92 Å². The molecule has 1 atom stereocenters. The standard InChI is InChI=1S/C42H30N2/c1-26-13-3-7-20-34(26)42(35-21-8-5-15-30(35)31-16-6-9-22-36(31)42)37-23-12-18-32-39(37)27(2)29-17-11-19-33(40(29)32)41-43-25-28-14-4-10-24-38(28)44-41/h3-25,27H,1-2H3. The Morgan fingerprint density at radius 2 is 1.14 bits per heavy atom. The van der Waals surface area contributed by atoms with Gasteiger partial charge in [0.05, 0.1) is 10.9 Å². The van der Waals surface area contributed by atoms with Crippen molar-refractivity contribution in [2.45, 2.75) is 25.2 Å². The van der Waals surface area contributed by atoms with Gasteiger partial charge in [0.2, 0.25) is 0 Å². The third-order valence-electron chi connectivity index (χ3n) is 10.0. The van der Waals surface area contributed by atoms with Gasteiger partial charge < -0.3 is 0 Å². The molecule has 0 saturated heterocycles. The molecule has 2 aliphatic rings. The van der Waals surface area contributed by atoms with Crippen molar-refractivity contribution in [1.82, 2.24) is 9.97 Å². The Kier molecular flexibility index (Phi) is 5.34. The first kappa shape index (κ1) is 25.2. The van der Waals surface area contributed by atoms with E-state index >= 15 is 0 Å². The van der Waals surface area contributed by atoms with Crippen molar-refractivity contribution >= 4 is 10.9 Å². The van der Waals surface area contributed by atoms with Crippen LogP contribution >= 0.6 is 0 Å². The van der Waals surface area contributed by atoms with E-state index in [1.807, 2.05) is 18.3 Å². The molecule has 0 fully saturated rings. The number of aromatic nitrogens is 2. The minimum atomic E-state index is -0.445. The van der Waals surface area contributed by atoms with Crippen molar-refractivity contribution < 1.29 is 0 Å². The van der Waals surface area contributed by atoms with Crippen molar-refractivity contribution in [1.29, 1.82) is 0 Å². The minimum Gasteiger partial charge on any atom is -0.236 e. The van der Waals surface area contributed by atoms with Gasteiger partial charge in [0, 0.05) is 23.1 Å². The monoisotopic (exact) mass is 562 g/mol. The summed E-state index contributed by atoms with van der Waals surface area (Å²) < 4.78 is 0. The van der Waals surface area contributed by atoms with E-state index in [4.69, 9.17) is 9.97 Å². The molecule has 9 rings (SSSR count). The van der Waals surface area contributed by atoms with Crippen LogP contribution in [0.15, 0.2) is 140 Å². The molecule has 0 N–H and O–H groups in total. The molecule has 1 heterocycles. The Balaban J connectivity index is 1.37. The normalized spacial score (nSPS) is 15.5. The first-order valence-electron chi connectivity index (χ1n) is 15.4. The maximum absolute atomic E-state index is 5.04. The largest absolute Gasteiger partial charge is 0.236 e. The molecule has 1 aromatic heterocycles. The zero-order chi connectivity index (χ0) is 29.4. The molecule has 2 aliphatic carbocycles. The maximum atomic E-state index is 5.04. The minimum absolute atomic E-state index is 0.206. The van der Waals surface area contributed by atoms with Crippen LogP contribution in [-0.4, -0.2) is 9.97 Å². The van der Waals surface area contributed by atoms with Gasteiger partial charge in [-0.25, -0.2) is 9.97 Å². The number of benzene rings is 6. The Bertz CT molecular complexity index is 2230. The van der Waals surface area contributed by atoms with Gasteiger partial charge in [-0.2, -0.15) is 0 Å². The Labute approximate surface area is 257 Å². The lowest BCUT2D eigenvalue weighted by atomic mass is 9.64. The van der Waals surface area contributed by atoms with Crippen molar-refractivity contribution in [2.75, 3.05) is 0 Å². The van der Waals surface area contributed by atoms with Gasteiger partial charge in [0.1, 0.15) is 0 Å². The van der Waals surface area contributed by atoms with Crippen LogP contribution in [0.25, 0.3) is 44.5 Å². The van der Waals surface area contributed by atoms with E-state index in [0.717, 1.165) is 22.3 Å². The molecule has 0 aliphatic heterocycles. The molecule has 7 aromatic rings. The third-order valence-corrected chi connectivity index (χ3v) is 10.0. The maximum Gasteiger partial charge on any atom is 0.160 e. The highest BCUT2D eigenvalue weighted by Crippen LogP contribution is 2.60. The quantitative estimate of drug-likeness (QED) is 0.214. The van der Waals surface area contributed by atoms with Gasteiger partial charge in [-0.05, 0) is 74.2 Å². The second kappa shape index (κ2) is 9.33. The van der Waals surface area contributed by atoms with E-state index < -0.39 is 5.41 Å². The Morgan fingerprint density at radius 3 is 1.91 bits per heavy atom. The fourth-order valence-corrected chi connectivity index (χ4v) is 8.21. The molecule has 1 unspecified atom stereocenters. The topological polar surface area (TPSA) is 25.8 Å². The van der Waals surface area contributed by atoms with Gasteiger partial charge in [-0.3, -0.25) is 0 Å². The number of para-hydroxylation sites is 1. The lowest BCUT2D eigenvalue weighted by Crippen LogP contribution is -2.31. The third kappa shape index (κ3) is 3.26. The highest BCUT2D eigenvalue weighted by molar-refractivity contribution is 5.94. The van der Waals surface area contributed by atoms with Gasteiger partial charge >= 0.3 is 0 Å². The number of fused-ring (bicyclic) bond motifs is 7. The lowest BCUT2D eigenvalue weighted by molar-refractivity contribution is 0.739. The van der Waals surface area contributed by atoms with Crippen LogP contribution in [0, 0.1) is 6.92 Å². The van der Waals surface area contributed by atoms with Crippen molar-refractivity contribution in [2.24, 2.45) is 0 Å². The molecule has 0 spiro atoms. The van der Waals surface area contributed by atoms with Crippen LogP contribution in [0.5, 0.6) is 0 Å². The van der Waals surface area contributed by atoms with Gasteiger partial charge in [-0.15, -0.1) is 0 Å². The summed E-state index contributed by atoms with van der Waals surface area (Å²) in [5, 5.41) is 1.05. The van der Waals surface area contributed by atoms with E-state index in [0.29, 0.717) is 0 Å². The molecule has 0 saturated carbocycles. The first-order chi connectivity index (χ1) is 21.7. The molecular weight excluding hydrogens is 532 g/mol. The van der Waals surface area contributed by atoms with E-state index in [9.17, 15) is 0 Å². The van der Waals surface area contributed by atoms with Crippen LogP contribution in [0.1, 0.15) is 51.8 Å². The fraction of sp³-hybridized carbons (Fsp3) is 0.0952. The summed E-state index contributed by atoms with van der Waals surface area (Å²) in [5.41, 5.74) is 16.2. The number of aryl methyl sites for hydroxylation is 1. The molecule has 0 bridgehead atoms. The predicted octanol–water partition coefficient (Wildman–Crippen LogP) is 10.1. The molecule has 208 valence electrons. The Morgan fingerprint density at radius 1 is 0.545 bits per heavy atom. The molecular formula is C42H30N2. The second-order valence-electron chi connectivity index (χ2n) is 12.2. The number of hydrogen-bond acceptors (Lipinski definition) is 2. The van der Waals surface area contributed by atoms with Gasteiger partial charge in [-0.1, -0.05) is 134 Å². The van der Waals surface area contributed by atoms with E-state index in [1.165, 1.54) is 61.2 Å². The Hall–Kier alpha value is -5.34. The lowest BCUT2D eigenvalue weighted by Gasteiger charge is -2.37. The number of nitrogens with zero attached hydrogens (tertiary/aromatic N) is 2. The van der Waals surface area contributed by atoms with Gasteiger partial charge in [0.25, 0.3) is 0 Å². The van der Waals surface area contributed by atoms with Crippen LogP contribution in [0.4, 0.5) is 0 Å². The van der Waals surface area contributed by atoms with Crippen molar-refractivity contribution in [3.05, 3.63) is 179 Å². The summed E-state index contributed by atoms with van der Waals surface area (Å²) in [6.45, 7) is 4.63. The highest BCUT2D eigenvalue weighted by atomic mass is 14.9. The zero-order valence-corrected chi connectivity index (χ0v) is 24.8. The zero-order valence-electron chi connectivity index (χ0n) is 24.8. The summed E-state index contributed by atoms with van der Waals surface area (Å²) in [7, 11) is 0. The molecule has 6 aromatic carbocycles. The molecule has 0 amide bonds. The van der Waals surface area contributed by atoms with E-state index in [1.54, 1.807) is 0 Å². The summed E-state index contributed by atoms with van der Waals surface area (Å²) in [6, 6.07) is 48.8. The van der Waals surface area contributed by atoms with Crippen LogP contribution < -0.4 is 0 Å². The van der Waals surface area contributed by atoms with Gasteiger partial charge in [0.15, 0.2) is 5.82 Å². The number of hydrogen-bond donors (Lipinski definition) is 0. The van der Waals surface area contributed by atoms with Crippen LogP contribution in [0.2, 0.25) is 0 Å². The molecule has 2 heteroatoms. The average molecular weight is 563 g/mol. The molecule has 44 heavy (non-hydrogen) atoms. The SMILES string of the molecule is Cc1ccccc1C1(c2cccc3c2C(C)c2cccc(-c4ncc5ccccc5n4)c2-3)c2ccccc2-c2ccccc21. The first-order valence-corrected chi connectivity index (χ1v) is 15.4. The molecule has 0 radical (unpaired) electrons. The fourth-order valence-electron chi connectivity index (χ4n) is 8.21. The summed E-state index contributed by atoms with van der Waals surface area (Å²) >= 11 is 0. The summed E-state index contributed by atoms with van der Waals surface area (Å²) in [5.74, 6) is 0.980. The average Bonchev–Trinajstić information content (AvgIpc) is 3.55. The number of rotatable bonds is 3. The second-order valence-corrected chi connectivity index (χ2v) is 12.2. The van der Waals surface area contributed by atoms with Crippen molar-refractivity contribution in [3.63, 3.8) is 0 Å². The predicted molar refractivity (Wildman–Crippen MR) is 180 cm³/mol. The highest BCUT2D eigenvalue weighted by Gasteiger charge is 2.49. The smallest absolute Gasteiger partial charge is 0.160 e. The summed E-state index contributed by atoms with van der Waals surface area (Å²) in [4.78, 5) is 9.92. The van der Waals surface area contributed by atoms with E-state index in [2.05, 4.69) is 135 Å². The van der Waals surface area contributed by atoms with Crippen molar-refractivity contribution in [3.8, 4) is 33.6 Å². The van der Waals surface area contributed by atoms with Crippen LogP contribution in [0.3, 0.4) is 0 Å². The van der Waals surface area contributed by atoms with Crippen LogP contribution in [-0.2, 0) is 5.41 Å².